The van der Waals surface area contributed by atoms with Crippen LogP contribution in [0.25, 0.3) is 16.5 Å². The van der Waals surface area contributed by atoms with E-state index in [0.717, 1.165) is 35.9 Å². The average molecular weight is 518 g/mol. The number of nitrogens with two attached hydrogens (primary N) is 1. The summed E-state index contributed by atoms with van der Waals surface area (Å²) in [4.78, 5) is 34.7. The third-order valence-corrected chi connectivity index (χ3v) is 6.73. The standard InChI is InChI=1S/C22H29N3O2.C4H6O6/c1-2-27-12-4-6-22(26)17-7-8-21-19(14-17)20(15-25(21)23)16-9-11-24-10-3-5-18(24)13-16;5-1(3(7)8)2(6)4(9)10/h7-9,14-15,18H,2-6,10-13,23H2,1H3;1-2,5-6H,(H,7,8)(H,9,10). The van der Waals surface area contributed by atoms with Gasteiger partial charge >= 0.3 is 11.9 Å². The predicted octanol–water partition coefficient (Wildman–Crippen LogP) is 1.48. The smallest absolute Gasteiger partial charge is 0.335 e. The molecule has 202 valence electrons. The maximum atomic E-state index is 12.6. The first-order chi connectivity index (χ1) is 17.6. The number of carbonyl (C=O) groups is 3. The van der Waals surface area contributed by atoms with E-state index < -0.39 is 24.1 Å². The van der Waals surface area contributed by atoms with Gasteiger partial charge in [-0.2, -0.15) is 0 Å². The van der Waals surface area contributed by atoms with Gasteiger partial charge in [0.15, 0.2) is 18.0 Å². The van der Waals surface area contributed by atoms with Crippen LogP contribution < -0.4 is 5.84 Å². The van der Waals surface area contributed by atoms with E-state index in [2.05, 4.69) is 11.0 Å². The van der Waals surface area contributed by atoms with Crippen molar-refractivity contribution in [2.75, 3.05) is 32.1 Å². The summed E-state index contributed by atoms with van der Waals surface area (Å²) in [5, 5.41) is 33.6. The summed E-state index contributed by atoms with van der Waals surface area (Å²) in [6.07, 6.45) is 4.76. The molecule has 6 N–H and O–H groups in total. The number of nitrogens with zero attached hydrogens (tertiary/aromatic N) is 2. The third-order valence-electron chi connectivity index (χ3n) is 6.73. The van der Waals surface area contributed by atoms with Crippen LogP contribution in [0.5, 0.6) is 0 Å². The zero-order valence-corrected chi connectivity index (χ0v) is 20.9. The van der Waals surface area contributed by atoms with Crippen LogP contribution in [-0.2, 0) is 14.3 Å². The van der Waals surface area contributed by atoms with E-state index in [1.165, 1.54) is 30.5 Å². The van der Waals surface area contributed by atoms with Crippen LogP contribution in [-0.4, -0.2) is 92.3 Å². The Bertz CT molecular complexity index is 1140. The largest absolute Gasteiger partial charge is 0.479 e. The zero-order valence-electron chi connectivity index (χ0n) is 20.9. The molecule has 1 fully saturated rings. The van der Waals surface area contributed by atoms with Crippen LogP contribution in [0.15, 0.2) is 30.5 Å². The van der Waals surface area contributed by atoms with Gasteiger partial charge in [0.2, 0.25) is 0 Å². The quantitative estimate of drug-likeness (QED) is 0.176. The van der Waals surface area contributed by atoms with Crippen molar-refractivity contribution in [2.45, 2.75) is 57.3 Å². The molecular weight excluding hydrogens is 482 g/mol. The van der Waals surface area contributed by atoms with Crippen molar-refractivity contribution in [1.29, 1.82) is 0 Å². The maximum Gasteiger partial charge on any atom is 0.335 e. The zero-order chi connectivity index (χ0) is 27.1. The van der Waals surface area contributed by atoms with Gasteiger partial charge in [0.1, 0.15) is 0 Å². The van der Waals surface area contributed by atoms with Crippen molar-refractivity contribution in [2.24, 2.45) is 0 Å². The summed E-state index contributed by atoms with van der Waals surface area (Å²) in [5.41, 5.74) is 4.30. The third kappa shape index (κ3) is 6.95. The van der Waals surface area contributed by atoms with E-state index in [1.54, 1.807) is 4.68 Å². The second kappa shape index (κ2) is 12.8. The first-order valence-electron chi connectivity index (χ1n) is 12.4. The van der Waals surface area contributed by atoms with Crippen LogP contribution in [0.4, 0.5) is 0 Å². The van der Waals surface area contributed by atoms with Crippen molar-refractivity contribution in [3.8, 4) is 0 Å². The molecule has 1 aromatic heterocycles. The van der Waals surface area contributed by atoms with Gasteiger partial charge in [-0.15, -0.1) is 0 Å². The van der Waals surface area contributed by atoms with Gasteiger partial charge in [-0.1, -0.05) is 6.08 Å². The molecule has 0 bridgehead atoms. The second-order valence-corrected chi connectivity index (χ2v) is 9.20. The minimum atomic E-state index is -2.27. The van der Waals surface area contributed by atoms with Crippen molar-refractivity contribution in [3.05, 3.63) is 41.6 Å². The number of aliphatic hydroxyl groups excluding tert-OH is 2. The van der Waals surface area contributed by atoms with Crippen molar-refractivity contribution in [1.82, 2.24) is 9.58 Å². The highest BCUT2D eigenvalue weighted by molar-refractivity contribution is 6.02. The second-order valence-electron chi connectivity index (χ2n) is 9.20. The Balaban J connectivity index is 0.000000325. The number of carbonyl (C=O) groups excluding carboxylic acids is 1. The van der Waals surface area contributed by atoms with Crippen molar-refractivity contribution in [3.63, 3.8) is 0 Å². The molecule has 0 saturated carbocycles. The van der Waals surface area contributed by atoms with Crippen LogP contribution in [0.1, 0.15) is 54.9 Å². The van der Waals surface area contributed by atoms with Crippen molar-refractivity contribution >= 4 is 34.2 Å². The van der Waals surface area contributed by atoms with E-state index in [1.807, 2.05) is 31.3 Å². The molecule has 4 rings (SSSR count). The lowest BCUT2D eigenvalue weighted by molar-refractivity contribution is -0.165. The molecule has 11 heteroatoms. The number of aromatic nitrogens is 1. The fraction of sp³-hybridized carbons (Fsp3) is 0.500. The summed E-state index contributed by atoms with van der Waals surface area (Å²) in [5.74, 6) is 2.84. The Hall–Kier alpha value is -3.25. The van der Waals surface area contributed by atoms with Crippen molar-refractivity contribution < 1.29 is 39.5 Å². The minimum Gasteiger partial charge on any atom is -0.479 e. The molecule has 0 radical (unpaired) electrons. The Morgan fingerprint density at radius 2 is 1.86 bits per heavy atom. The lowest BCUT2D eigenvalue weighted by atomic mass is 9.93. The van der Waals surface area contributed by atoms with Crippen LogP contribution in [0, 0.1) is 0 Å². The monoisotopic (exact) mass is 517 g/mol. The van der Waals surface area contributed by atoms with Gasteiger partial charge in [0, 0.05) is 54.9 Å². The number of fused-ring (bicyclic) bond motifs is 2. The molecule has 3 atom stereocenters. The number of rotatable bonds is 10. The van der Waals surface area contributed by atoms with E-state index in [0.29, 0.717) is 25.7 Å². The van der Waals surface area contributed by atoms with E-state index in [-0.39, 0.29) is 5.78 Å². The Kier molecular flexibility index (Phi) is 9.81. The molecule has 0 amide bonds. The first-order valence-corrected chi connectivity index (χ1v) is 12.4. The van der Waals surface area contributed by atoms with Gasteiger partial charge in [-0.25, -0.2) is 9.59 Å². The van der Waals surface area contributed by atoms with E-state index >= 15 is 0 Å². The maximum absolute atomic E-state index is 12.6. The lowest BCUT2D eigenvalue weighted by Gasteiger charge is -2.29. The number of Topliss-reactive ketones (excluding diaryl/α,β-unsaturated/α-hetero) is 1. The van der Waals surface area contributed by atoms with Gasteiger partial charge < -0.3 is 31.0 Å². The molecule has 3 heterocycles. The number of aliphatic hydroxyl groups is 2. The number of nitrogen functional groups attached to an aromatic ring is 1. The van der Waals surface area contributed by atoms with Crippen LogP contribution >= 0.6 is 0 Å². The van der Waals surface area contributed by atoms with Gasteiger partial charge in [-0.3, -0.25) is 14.4 Å². The highest BCUT2D eigenvalue weighted by atomic mass is 16.5. The Labute approximate surface area is 214 Å². The predicted molar refractivity (Wildman–Crippen MR) is 137 cm³/mol. The highest BCUT2D eigenvalue weighted by Gasteiger charge is 2.30. The average Bonchev–Trinajstić information content (AvgIpc) is 3.49. The fourth-order valence-corrected chi connectivity index (χ4v) is 4.73. The number of ether oxygens (including phenoxy) is 1. The molecule has 11 nitrogen and oxygen atoms in total. The number of hydrogen-bond acceptors (Lipinski definition) is 8. The number of carboxylic acids is 2. The molecule has 2 aliphatic rings. The number of ketones is 1. The molecule has 2 aromatic rings. The van der Waals surface area contributed by atoms with Gasteiger partial charge in [-0.05, 0) is 62.9 Å². The van der Waals surface area contributed by atoms with Gasteiger partial charge in [0.25, 0.3) is 0 Å². The molecule has 0 spiro atoms. The number of hydrogen-bond donors (Lipinski definition) is 5. The summed E-state index contributed by atoms with van der Waals surface area (Å²) < 4.78 is 7.03. The lowest BCUT2D eigenvalue weighted by Crippen LogP contribution is -2.39. The Morgan fingerprint density at radius 1 is 1.16 bits per heavy atom. The summed E-state index contributed by atoms with van der Waals surface area (Å²) in [6.45, 7) is 5.54. The fourth-order valence-electron chi connectivity index (χ4n) is 4.73. The van der Waals surface area contributed by atoms with Crippen LogP contribution in [0.2, 0.25) is 0 Å². The molecule has 1 aromatic carbocycles. The molecule has 3 unspecified atom stereocenters. The van der Waals surface area contributed by atoms with E-state index in [4.69, 9.17) is 31.0 Å². The summed E-state index contributed by atoms with van der Waals surface area (Å²) >= 11 is 0. The number of benzene rings is 1. The van der Waals surface area contributed by atoms with Gasteiger partial charge in [0.05, 0.1) is 5.52 Å². The molecule has 1 saturated heterocycles. The topological polar surface area (TPSA) is 176 Å². The normalized spacial score (nSPS) is 18.9. The molecule has 0 aliphatic carbocycles. The highest BCUT2D eigenvalue weighted by Crippen LogP contribution is 2.36. The SMILES string of the molecule is CCOCCCC(=O)c1ccc2c(c1)c(C1=CCN3CCCC3C1)cn2N.O=C(O)C(O)C(O)C(=O)O. The van der Waals surface area contributed by atoms with Crippen LogP contribution in [0.3, 0.4) is 0 Å². The summed E-state index contributed by atoms with van der Waals surface area (Å²) in [7, 11) is 0. The Morgan fingerprint density at radius 3 is 2.51 bits per heavy atom. The molecule has 37 heavy (non-hydrogen) atoms. The molecule has 2 aliphatic heterocycles. The number of aliphatic carboxylic acids is 2. The first kappa shape index (κ1) is 28.3. The summed E-state index contributed by atoms with van der Waals surface area (Å²) in [6, 6.07) is 6.55. The minimum absolute atomic E-state index is 0.173. The number of carboxylic acid groups (broad SMARTS) is 2. The van der Waals surface area contributed by atoms with E-state index in [9.17, 15) is 14.4 Å². The molecular formula is C26H35N3O8.